The predicted molar refractivity (Wildman–Crippen MR) is 89.5 cm³/mol. The second-order valence-corrected chi connectivity index (χ2v) is 6.59. The van der Waals surface area contributed by atoms with Crippen LogP contribution in [-0.2, 0) is 6.54 Å². The second-order valence-electron chi connectivity index (χ2n) is 4.76. The number of aliphatic hydroxyl groups excluding tert-OH is 1. The highest BCUT2D eigenvalue weighted by atomic mass is 79.9. The first-order valence-electron chi connectivity index (χ1n) is 6.62. The molecule has 1 N–H and O–H groups in total. The molecule has 22 heavy (non-hydrogen) atoms. The summed E-state index contributed by atoms with van der Waals surface area (Å²) in [5.74, 6) is 0.660. The monoisotopic (exact) mass is 380 g/mol. The van der Waals surface area contributed by atoms with Gasteiger partial charge >= 0.3 is 0 Å². The summed E-state index contributed by atoms with van der Waals surface area (Å²) in [6.07, 6.45) is 0.663. The number of aromatic nitrogens is 2. The summed E-state index contributed by atoms with van der Waals surface area (Å²) < 4.78 is 8.44. The third-order valence-corrected chi connectivity index (χ3v) is 4.47. The molecule has 0 unspecified atom stereocenters. The molecule has 0 aliphatic carbocycles. The molecule has 0 saturated heterocycles. The molecule has 0 amide bonds. The largest absolute Gasteiger partial charge is 0.491 e. The van der Waals surface area contributed by atoms with Crippen molar-refractivity contribution in [3.8, 4) is 5.75 Å². The van der Waals surface area contributed by atoms with Gasteiger partial charge in [0.2, 0.25) is 0 Å². The second kappa shape index (κ2) is 6.60. The van der Waals surface area contributed by atoms with Crippen LogP contribution in [0.1, 0.15) is 0 Å². The minimum absolute atomic E-state index is 0.103. The van der Waals surface area contributed by atoms with Crippen LogP contribution in [0.25, 0.3) is 10.2 Å². The SMILES string of the molecule is O=c1c2sccc2ncn1C[C@@H](O)COc1cccc(Br)c1. The minimum atomic E-state index is -0.795. The molecule has 0 radical (unpaired) electrons. The van der Waals surface area contributed by atoms with E-state index in [1.54, 1.807) is 6.07 Å². The topological polar surface area (TPSA) is 64.4 Å². The van der Waals surface area contributed by atoms with E-state index in [-0.39, 0.29) is 18.7 Å². The quantitative estimate of drug-likeness (QED) is 0.738. The normalized spacial score (nSPS) is 12.5. The van der Waals surface area contributed by atoms with Crippen LogP contribution in [0.15, 0.2) is 51.3 Å². The average Bonchev–Trinajstić information content (AvgIpc) is 2.98. The molecule has 1 atom stereocenters. The number of rotatable bonds is 5. The highest BCUT2D eigenvalue weighted by molar-refractivity contribution is 9.10. The Kier molecular flexibility index (Phi) is 4.56. The Labute approximate surface area is 138 Å². The molecular weight excluding hydrogens is 368 g/mol. The fraction of sp³-hybridized carbons (Fsp3) is 0.200. The van der Waals surface area contributed by atoms with Crippen molar-refractivity contribution in [2.45, 2.75) is 12.6 Å². The number of nitrogens with zero attached hydrogens (tertiary/aromatic N) is 2. The van der Waals surface area contributed by atoms with E-state index in [9.17, 15) is 9.90 Å². The van der Waals surface area contributed by atoms with Crippen LogP contribution in [-0.4, -0.2) is 27.4 Å². The van der Waals surface area contributed by atoms with Crippen LogP contribution in [0.5, 0.6) is 5.75 Å². The van der Waals surface area contributed by atoms with Gasteiger partial charge in [-0.1, -0.05) is 22.0 Å². The zero-order valence-corrected chi connectivity index (χ0v) is 13.9. The fourth-order valence-corrected chi connectivity index (χ4v) is 3.21. The Morgan fingerprint density at radius 3 is 3.09 bits per heavy atom. The number of fused-ring (bicyclic) bond motifs is 1. The highest BCUT2D eigenvalue weighted by Crippen LogP contribution is 2.18. The van der Waals surface area contributed by atoms with E-state index in [0.29, 0.717) is 16.0 Å². The van der Waals surface area contributed by atoms with Crippen LogP contribution >= 0.6 is 27.3 Å². The summed E-state index contributed by atoms with van der Waals surface area (Å²) in [6, 6.07) is 9.18. The van der Waals surface area contributed by atoms with Gasteiger partial charge in [-0.3, -0.25) is 9.36 Å². The van der Waals surface area contributed by atoms with E-state index in [1.807, 2.05) is 29.6 Å². The van der Waals surface area contributed by atoms with Gasteiger partial charge in [0.05, 0.1) is 18.4 Å². The number of hydrogen-bond acceptors (Lipinski definition) is 5. The Morgan fingerprint density at radius 2 is 2.27 bits per heavy atom. The molecule has 114 valence electrons. The van der Waals surface area contributed by atoms with Gasteiger partial charge in [0.15, 0.2) is 0 Å². The molecular formula is C15H13BrN2O3S. The van der Waals surface area contributed by atoms with E-state index >= 15 is 0 Å². The van der Waals surface area contributed by atoms with Crippen molar-refractivity contribution in [1.82, 2.24) is 9.55 Å². The number of thiophene rings is 1. The van der Waals surface area contributed by atoms with E-state index in [4.69, 9.17) is 4.74 Å². The van der Waals surface area contributed by atoms with Gasteiger partial charge in [0.1, 0.15) is 23.2 Å². The predicted octanol–water partition coefficient (Wildman–Crippen LogP) is 2.66. The van der Waals surface area contributed by atoms with Gasteiger partial charge in [0.25, 0.3) is 5.56 Å². The van der Waals surface area contributed by atoms with Crippen molar-refractivity contribution >= 4 is 37.5 Å². The maximum Gasteiger partial charge on any atom is 0.271 e. The first kappa shape index (κ1) is 15.2. The molecule has 3 aromatic rings. The van der Waals surface area contributed by atoms with Crippen LogP contribution in [0, 0.1) is 0 Å². The van der Waals surface area contributed by atoms with Crippen LogP contribution in [0.2, 0.25) is 0 Å². The summed E-state index contributed by atoms with van der Waals surface area (Å²) in [4.78, 5) is 16.4. The molecule has 0 saturated carbocycles. The zero-order chi connectivity index (χ0) is 15.5. The van der Waals surface area contributed by atoms with Crippen molar-refractivity contribution in [2.24, 2.45) is 0 Å². The summed E-state index contributed by atoms with van der Waals surface area (Å²) in [5.41, 5.74) is 0.549. The van der Waals surface area contributed by atoms with Gasteiger partial charge in [0, 0.05) is 4.47 Å². The van der Waals surface area contributed by atoms with Crippen LogP contribution in [0.3, 0.4) is 0 Å². The minimum Gasteiger partial charge on any atom is -0.491 e. The average molecular weight is 381 g/mol. The third kappa shape index (κ3) is 3.37. The van der Waals surface area contributed by atoms with Gasteiger partial charge < -0.3 is 9.84 Å². The lowest BCUT2D eigenvalue weighted by Gasteiger charge is -2.13. The highest BCUT2D eigenvalue weighted by Gasteiger charge is 2.11. The molecule has 0 fully saturated rings. The standard InChI is InChI=1S/C15H13BrN2O3S/c16-10-2-1-3-12(6-10)21-8-11(19)7-18-9-17-13-4-5-22-14(13)15(18)20/h1-6,9,11,19H,7-8H2/t11-/m1/s1. The van der Waals surface area contributed by atoms with E-state index < -0.39 is 6.10 Å². The zero-order valence-electron chi connectivity index (χ0n) is 11.5. The lowest BCUT2D eigenvalue weighted by Crippen LogP contribution is -2.30. The number of aliphatic hydroxyl groups is 1. The van der Waals surface area contributed by atoms with E-state index in [0.717, 1.165) is 4.47 Å². The summed E-state index contributed by atoms with van der Waals surface area (Å²) in [7, 11) is 0. The molecule has 0 spiro atoms. The molecule has 2 heterocycles. The van der Waals surface area contributed by atoms with Crippen molar-refractivity contribution in [3.63, 3.8) is 0 Å². The Balaban J connectivity index is 1.66. The smallest absolute Gasteiger partial charge is 0.271 e. The van der Waals surface area contributed by atoms with Crippen molar-refractivity contribution < 1.29 is 9.84 Å². The van der Waals surface area contributed by atoms with Crippen molar-refractivity contribution in [1.29, 1.82) is 0 Å². The molecule has 0 bridgehead atoms. The third-order valence-electron chi connectivity index (χ3n) is 3.08. The van der Waals surface area contributed by atoms with Gasteiger partial charge in [-0.15, -0.1) is 11.3 Å². The first-order chi connectivity index (χ1) is 10.6. The van der Waals surface area contributed by atoms with E-state index in [2.05, 4.69) is 20.9 Å². The molecule has 0 aliphatic rings. The maximum atomic E-state index is 12.2. The summed E-state index contributed by atoms with van der Waals surface area (Å²) >= 11 is 4.71. The number of halogens is 1. The number of ether oxygens (including phenoxy) is 1. The molecule has 2 aromatic heterocycles. The van der Waals surface area contributed by atoms with Gasteiger partial charge in [-0.05, 0) is 29.6 Å². The van der Waals surface area contributed by atoms with Crippen molar-refractivity contribution in [2.75, 3.05) is 6.61 Å². The Bertz CT molecular complexity index is 846. The lowest BCUT2D eigenvalue weighted by atomic mass is 10.3. The molecule has 3 rings (SSSR count). The molecule has 5 nitrogen and oxygen atoms in total. The Hall–Kier alpha value is -1.70. The Morgan fingerprint density at radius 1 is 1.41 bits per heavy atom. The molecule has 1 aromatic carbocycles. The summed E-state index contributed by atoms with van der Waals surface area (Å²) in [5, 5.41) is 11.9. The molecule has 0 aliphatic heterocycles. The summed E-state index contributed by atoms with van der Waals surface area (Å²) in [6.45, 7) is 0.249. The van der Waals surface area contributed by atoms with E-state index in [1.165, 1.54) is 22.2 Å². The first-order valence-corrected chi connectivity index (χ1v) is 8.30. The molecule has 7 heteroatoms. The number of hydrogen-bond donors (Lipinski definition) is 1. The van der Waals surface area contributed by atoms with Gasteiger partial charge in [-0.2, -0.15) is 0 Å². The van der Waals surface area contributed by atoms with Crippen LogP contribution in [0.4, 0.5) is 0 Å². The maximum absolute atomic E-state index is 12.2. The lowest BCUT2D eigenvalue weighted by molar-refractivity contribution is 0.0914. The van der Waals surface area contributed by atoms with Gasteiger partial charge in [-0.25, -0.2) is 4.98 Å². The number of benzene rings is 1. The van der Waals surface area contributed by atoms with Crippen LogP contribution < -0.4 is 10.3 Å². The van der Waals surface area contributed by atoms with Crippen molar-refractivity contribution in [3.05, 3.63) is 56.9 Å². The fourth-order valence-electron chi connectivity index (χ4n) is 2.04.